The first kappa shape index (κ1) is 14.3. The lowest BCUT2D eigenvalue weighted by Crippen LogP contribution is -2.15. The van der Waals surface area contributed by atoms with Crippen molar-refractivity contribution in [3.8, 4) is 5.75 Å². The summed E-state index contributed by atoms with van der Waals surface area (Å²) < 4.78 is 6.05. The average molecular weight is 336 g/mol. The Kier molecular flexibility index (Phi) is 4.24. The Morgan fingerprint density at radius 3 is 2.85 bits per heavy atom. The molecule has 0 atom stereocenters. The van der Waals surface area contributed by atoms with E-state index in [-0.39, 0.29) is 5.91 Å². The molecule has 0 spiro atoms. The van der Waals surface area contributed by atoms with Gasteiger partial charge in [-0.1, -0.05) is 6.07 Å². The molecule has 1 aromatic heterocycles. The van der Waals surface area contributed by atoms with Gasteiger partial charge in [-0.05, 0) is 46.6 Å². The van der Waals surface area contributed by atoms with Gasteiger partial charge >= 0.3 is 0 Å². The number of para-hydroxylation sites is 1. The van der Waals surface area contributed by atoms with E-state index in [4.69, 9.17) is 10.5 Å². The summed E-state index contributed by atoms with van der Waals surface area (Å²) in [5, 5.41) is 2.72. The van der Waals surface area contributed by atoms with E-state index in [0.717, 1.165) is 10.0 Å². The lowest BCUT2D eigenvalue weighted by Gasteiger charge is -2.11. The third-order valence-corrected chi connectivity index (χ3v) is 3.61. The number of carbonyl (C=O) groups excluding carboxylic acids is 1. The van der Waals surface area contributed by atoms with Crippen LogP contribution in [0.1, 0.15) is 15.9 Å². The van der Waals surface area contributed by atoms with Crippen molar-refractivity contribution in [3.05, 3.63) is 46.1 Å². The summed E-state index contributed by atoms with van der Waals surface area (Å²) in [6.07, 6.45) is 1.64. The number of hydrogen-bond donors (Lipinski definition) is 2. The first-order chi connectivity index (χ1) is 9.52. The molecule has 0 aliphatic heterocycles. The van der Waals surface area contributed by atoms with Crippen molar-refractivity contribution in [1.29, 1.82) is 0 Å². The van der Waals surface area contributed by atoms with Gasteiger partial charge in [0.05, 0.1) is 18.4 Å². The van der Waals surface area contributed by atoms with Crippen LogP contribution in [0.5, 0.6) is 5.75 Å². The minimum absolute atomic E-state index is 0.316. The quantitative estimate of drug-likeness (QED) is 0.845. The summed E-state index contributed by atoms with van der Waals surface area (Å²) in [4.78, 5) is 16.4. The Morgan fingerprint density at radius 1 is 1.45 bits per heavy atom. The minimum atomic E-state index is -0.316. The maximum Gasteiger partial charge on any atom is 0.260 e. The molecule has 0 bridgehead atoms. The van der Waals surface area contributed by atoms with Crippen molar-refractivity contribution in [2.75, 3.05) is 18.2 Å². The van der Waals surface area contributed by atoms with Crippen molar-refractivity contribution >= 4 is 33.3 Å². The number of rotatable bonds is 3. The molecule has 6 heteroatoms. The fourth-order valence-electron chi connectivity index (χ4n) is 1.75. The van der Waals surface area contributed by atoms with Gasteiger partial charge in [0.2, 0.25) is 0 Å². The number of methoxy groups -OCH3 is 1. The summed E-state index contributed by atoms with van der Waals surface area (Å²) in [6.45, 7) is 1.92. The smallest absolute Gasteiger partial charge is 0.260 e. The molecule has 0 aliphatic rings. The molecule has 0 saturated carbocycles. The van der Waals surface area contributed by atoms with Crippen molar-refractivity contribution in [2.45, 2.75) is 6.92 Å². The summed E-state index contributed by atoms with van der Waals surface area (Å²) >= 11 is 3.36. The fraction of sp³-hybridized carbons (Fsp3) is 0.143. The second-order valence-electron chi connectivity index (χ2n) is 4.20. The number of benzene rings is 1. The number of nitrogens with two attached hydrogens (primary N) is 1. The van der Waals surface area contributed by atoms with E-state index in [1.54, 1.807) is 30.5 Å². The zero-order valence-corrected chi connectivity index (χ0v) is 12.7. The third kappa shape index (κ3) is 2.91. The fourth-order valence-corrected chi connectivity index (χ4v) is 1.97. The van der Waals surface area contributed by atoms with Crippen molar-refractivity contribution in [1.82, 2.24) is 4.98 Å². The maximum absolute atomic E-state index is 12.2. The molecule has 1 aromatic carbocycles. The maximum atomic E-state index is 12.2. The molecule has 1 amide bonds. The second-order valence-corrected chi connectivity index (χ2v) is 5.06. The van der Waals surface area contributed by atoms with E-state index in [9.17, 15) is 4.79 Å². The highest BCUT2D eigenvalue weighted by Gasteiger charge is 2.15. The summed E-state index contributed by atoms with van der Waals surface area (Å²) in [6, 6.07) is 6.81. The second kappa shape index (κ2) is 5.92. The average Bonchev–Trinajstić information content (AvgIpc) is 2.42. The Balaban J connectivity index is 2.28. The van der Waals surface area contributed by atoms with Crippen LogP contribution in [0.15, 0.2) is 34.9 Å². The number of aromatic nitrogens is 1. The highest BCUT2D eigenvalue weighted by molar-refractivity contribution is 9.10. The normalized spacial score (nSPS) is 10.2. The molecule has 5 nitrogen and oxygen atoms in total. The largest absolute Gasteiger partial charge is 0.494 e. The summed E-state index contributed by atoms with van der Waals surface area (Å²) in [7, 11) is 1.48. The number of amides is 1. The molecular weight excluding hydrogens is 322 g/mol. The predicted octanol–water partition coefficient (Wildman–Crippen LogP) is 3.00. The van der Waals surface area contributed by atoms with Gasteiger partial charge in [0.1, 0.15) is 5.82 Å². The highest BCUT2D eigenvalue weighted by atomic mass is 79.9. The van der Waals surface area contributed by atoms with Gasteiger partial charge in [-0.15, -0.1) is 0 Å². The molecule has 1 heterocycles. The number of nitrogens with zero attached hydrogens (tertiary/aromatic N) is 1. The number of nitrogen functional groups attached to an aromatic ring is 1. The Morgan fingerprint density at radius 2 is 2.20 bits per heavy atom. The van der Waals surface area contributed by atoms with Crippen molar-refractivity contribution < 1.29 is 9.53 Å². The van der Waals surface area contributed by atoms with Crippen LogP contribution in [0.3, 0.4) is 0 Å². The number of pyridine rings is 1. The highest BCUT2D eigenvalue weighted by Crippen LogP contribution is 2.26. The number of carbonyl (C=O) groups is 1. The number of halogens is 1. The van der Waals surface area contributed by atoms with Crippen LogP contribution in [0.4, 0.5) is 11.5 Å². The third-order valence-electron chi connectivity index (χ3n) is 2.78. The van der Waals surface area contributed by atoms with Gasteiger partial charge in [-0.2, -0.15) is 0 Å². The topological polar surface area (TPSA) is 77.2 Å². The lowest BCUT2D eigenvalue weighted by molar-refractivity contribution is 0.102. The molecule has 3 N–H and O–H groups in total. The first-order valence-corrected chi connectivity index (χ1v) is 6.68. The van der Waals surface area contributed by atoms with Gasteiger partial charge < -0.3 is 15.8 Å². The predicted molar refractivity (Wildman–Crippen MR) is 82.0 cm³/mol. The van der Waals surface area contributed by atoms with Crippen LogP contribution >= 0.6 is 15.9 Å². The first-order valence-electron chi connectivity index (χ1n) is 5.89. The molecule has 2 aromatic rings. The summed E-state index contributed by atoms with van der Waals surface area (Å²) in [5.74, 6) is 0.516. The molecule has 2 rings (SSSR count). The van der Waals surface area contributed by atoms with E-state index in [1.165, 1.54) is 7.11 Å². The minimum Gasteiger partial charge on any atom is -0.494 e. The van der Waals surface area contributed by atoms with Crippen LogP contribution in [0.25, 0.3) is 0 Å². The van der Waals surface area contributed by atoms with Crippen LogP contribution in [0, 0.1) is 6.92 Å². The van der Waals surface area contributed by atoms with Crippen LogP contribution in [0.2, 0.25) is 0 Å². The van der Waals surface area contributed by atoms with Gasteiger partial charge in [-0.3, -0.25) is 4.79 Å². The molecule has 0 fully saturated rings. The molecule has 0 aliphatic carbocycles. The number of nitrogens with one attached hydrogen (secondary N) is 1. The van der Waals surface area contributed by atoms with Crippen LogP contribution < -0.4 is 15.8 Å². The monoisotopic (exact) mass is 335 g/mol. The number of ether oxygens (including phenoxy) is 1. The van der Waals surface area contributed by atoms with Crippen LogP contribution in [-0.4, -0.2) is 18.0 Å². The van der Waals surface area contributed by atoms with Crippen molar-refractivity contribution in [3.63, 3.8) is 0 Å². The van der Waals surface area contributed by atoms with Crippen molar-refractivity contribution in [2.24, 2.45) is 0 Å². The molecule has 104 valence electrons. The van der Waals surface area contributed by atoms with Crippen LogP contribution in [-0.2, 0) is 0 Å². The number of aryl methyl sites for hydroxylation is 1. The van der Waals surface area contributed by atoms with Gasteiger partial charge in [0, 0.05) is 10.7 Å². The molecule has 0 saturated heterocycles. The Hall–Kier alpha value is -2.08. The summed E-state index contributed by atoms with van der Waals surface area (Å²) in [5.41, 5.74) is 7.55. The SMILES string of the molecule is COc1c(N)cccc1C(=O)Nc1cc(C)c(Br)cn1. The lowest BCUT2D eigenvalue weighted by atomic mass is 10.1. The standard InChI is InChI=1S/C14H14BrN3O2/c1-8-6-12(17-7-10(8)15)18-14(19)9-4-3-5-11(16)13(9)20-2/h3-7H,16H2,1-2H3,(H,17,18,19). The number of anilines is 2. The van der Waals surface area contributed by atoms with Gasteiger partial charge in [0.15, 0.2) is 5.75 Å². The zero-order chi connectivity index (χ0) is 14.7. The Labute approximate surface area is 125 Å². The van der Waals surface area contributed by atoms with Gasteiger partial charge in [0.25, 0.3) is 5.91 Å². The van der Waals surface area contributed by atoms with E-state index in [2.05, 4.69) is 26.2 Å². The van der Waals surface area contributed by atoms with E-state index < -0.39 is 0 Å². The van der Waals surface area contributed by atoms with E-state index in [0.29, 0.717) is 22.8 Å². The Bertz CT molecular complexity index is 659. The molecular formula is C14H14BrN3O2. The molecule has 20 heavy (non-hydrogen) atoms. The van der Waals surface area contributed by atoms with E-state index in [1.807, 2.05) is 6.92 Å². The number of hydrogen-bond acceptors (Lipinski definition) is 4. The molecule has 0 radical (unpaired) electrons. The van der Waals surface area contributed by atoms with Gasteiger partial charge in [-0.25, -0.2) is 4.98 Å². The zero-order valence-electron chi connectivity index (χ0n) is 11.1. The van der Waals surface area contributed by atoms with E-state index >= 15 is 0 Å². The molecule has 0 unspecified atom stereocenters.